The van der Waals surface area contributed by atoms with E-state index in [0.717, 1.165) is 44.3 Å². The van der Waals surface area contributed by atoms with Gasteiger partial charge in [-0.2, -0.15) is 0 Å². The van der Waals surface area contributed by atoms with Crippen LogP contribution < -0.4 is 5.32 Å². The lowest BCUT2D eigenvalue weighted by Gasteiger charge is -2.16. The highest BCUT2D eigenvalue weighted by molar-refractivity contribution is 6.30. The smallest absolute Gasteiger partial charge is 0.230 e. The number of amides is 1. The van der Waals surface area contributed by atoms with Gasteiger partial charge in [-0.15, -0.1) is 0 Å². The van der Waals surface area contributed by atoms with Crippen molar-refractivity contribution in [2.75, 3.05) is 26.4 Å². The Morgan fingerprint density at radius 3 is 3.00 bits per heavy atom. The molecule has 1 saturated carbocycles. The maximum absolute atomic E-state index is 12.5. The van der Waals surface area contributed by atoms with Gasteiger partial charge in [0.2, 0.25) is 5.91 Å². The van der Waals surface area contributed by atoms with Gasteiger partial charge >= 0.3 is 0 Å². The molecule has 1 aliphatic heterocycles. The van der Waals surface area contributed by atoms with Crippen LogP contribution in [0.15, 0.2) is 24.3 Å². The van der Waals surface area contributed by atoms with Crippen LogP contribution in [0.1, 0.15) is 37.7 Å². The minimum atomic E-state index is -0.358. The Morgan fingerprint density at radius 2 is 2.30 bits per heavy atom. The lowest BCUT2D eigenvalue weighted by Crippen LogP contribution is -2.35. The van der Waals surface area contributed by atoms with Crippen molar-refractivity contribution in [2.45, 2.75) is 43.6 Å². The summed E-state index contributed by atoms with van der Waals surface area (Å²) >= 11 is 6.04. The molecule has 1 N–H and O–H groups in total. The zero-order chi connectivity index (χ0) is 16.1. The molecule has 0 bridgehead atoms. The fourth-order valence-corrected chi connectivity index (χ4v) is 3.28. The Kier molecular flexibility index (Phi) is 5.57. The number of carbonyl (C=O) groups is 1. The van der Waals surface area contributed by atoms with E-state index in [4.69, 9.17) is 21.1 Å². The van der Waals surface area contributed by atoms with Crippen LogP contribution in [0.4, 0.5) is 0 Å². The first-order chi connectivity index (χ1) is 11.2. The monoisotopic (exact) mass is 337 g/mol. The number of hydrogen-bond acceptors (Lipinski definition) is 3. The van der Waals surface area contributed by atoms with E-state index in [-0.39, 0.29) is 17.4 Å². The third-order valence-electron chi connectivity index (χ3n) is 4.64. The molecule has 4 nitrogen and oxygen atoms in total. The van der Waals surface area contributed by atoms with Gasteiger partial charge in [0.25, 0.3) is 0 Å². The summed E-state index contributed by atoms with van der Waals surface area (Å²) in [5.74, 6) is 0.110. The number of halogens is 1. The van der Waals surface area contributed by atoms with Crippen molar-refractivity contribution >= 4 is 17.5 Å². The van der Waals surface area contributed by atoms with Gasteiger partial charge < -0.3 is 14.8 Å². The van der Waals surface area contributed by atoms with Gasteiger partial charge in [0, 0.05) is 24.8 Å². The number of ether oxygens (including phenoxy) is 2. The van der Waals surface area contributed by atoms with Crippen LogP contribution in [0.2, 0.25) is 5.02 Å². The molecule has 1 heterocycles. The number of nitrogens with one attached hydrogen (secondary N) is 1. The van der Waals surface area contributed by atoms with E-state index < -0.39 is 0 Å². The van der Waals surface area contributed by atoms with Crippen LogP contribution in [0.25, 0.3) is 0 Å². The van der Waals surface area contributed by atoms with Crippen molar-refractivity contribution in [3.8, 4) is 0 Å². The summed E-state index contributed by atoms with van der Waals surface area (Å²) in [6.45, 7) is 2.83. The molecule has 1 aliphatic carbocycles. The predicted molar refractivity (Wildman–Crippen MR) is 89.8 cm³/mol. The molecule has 1 amide bonds. The molecular weight excluding hydrogens is 314 g/mol. The first-order valence-corrected chi connectivity index (χ1v) is 8.82. The van der Waals surface area contributed by atoms with E-state index in [9.17, 15) is 4.79 Å². The van der Waals surface area contributed by atoms with Crippen molar-refractivity contribution in [2.24, 2.45) is 0 Å². The van der Waals surface area contributed by atoms with Gasteiger partial charge in [0.15, 0.2) is 0 Å². The van der Waals surface area contributed by atoms with Crippen LogP contribution in [-0.2, 0) is 19.7 Å². The molecule has 0 radical (unpaired) electrons. The molecule has 2 aliphatic rings. The molecule has 23 heavy (non-hydrogen) atoms. The van der Waals surface area contributed by atoms with Crippen LogP contribution >= 0.6 is 11.6 Å². The lowest BCUT2D eigenvalue weighted by molar-refractivity contribution is -0.123. The first-order valence-electron chi connectivity index (χ1n) is 8.44. The molecular formula is C18H24ClNO3. The highest BCUT2D eigenvalue weighted by Crippen LogP contribution is 2.48. The van der Waals surface area contributed by atoms with Crippen LogP contribution in [0, 0.1) is 0 Å². The van der Waals surface area contributed by atoms with E-state index in [2.05, 4.69) is 5.32 Å². The Balaban J connectivity index is 1.36. The minimum absolute atomic E-state index is 0.110. The molecule has 0 aromatic heterocycles. The molecule has 2 fully saturated rings. The molecule has 5 heteroatoms. The van der Waals surface area contributed by atoms with Gasteiger partial charge in [-0.25, -0.2) is 0 Å². The summed E-state index contributed by atoms with van der Waals surface area (Å²) in [6, 6.07) is 7.64. The van der Waals surface area contributed by atoms with Gasteiger partial charge in [-0.05, 0) is 49.8 Å². The molecule has 1 unspecified atom stereocenters. The molecule has 3 rings (SSSR count). The number of benzene rings is 1. The zero-order valence-corrected chi connectivity index (χ0v) is 14.1. The molecule has 126 valence electrons. The standard InChI is InChI=1S/C18H24ClNO3/c19-15-5-1-4-14(12-15)18(7-8-18)17(21)20-9-3-10-22-13-16-6-2-11-23-16/h1,4-5,12,16H,2-3,6-11,13H2,(H,20,21). The lowest BCUT2D eigenvalue weighted by atomic mass is 9.95. The highest BCUT2D eigenvalue weighted by Gasteiger charge is 2.51. The number of rotatable bonds is 8. The summed E-state index contributed by atoms with van der Waals surface area (Å²) in [6.07, 6.45) is 5.12. The van der Waals surface area contributed by atoms with Crippen molar-refractivity contribution < 1.29 is 14.3 Å². The first kappa shape index (κ1) is 16.7. The maximum Gasteiger partial charge on any atom is 0.230 e. The molecule has 1 saturated heterocycles. The molecule has 1 aromatic carbocycles. The topological polar surface area (TPSA) is 47.6 Å². The van der Waals surface area contributed by atoms with Crippen LogP contribution in [0.5, 0.6) is 0 Å². The third kappa shape index (κ3) is 4.25. The molecule has 1 atom stereocenters. The predicted octanol–water partition coefficient (Wildman–Crippen LogP) is 3.07. The fourth-order valence-electron chi connectivity index (χ4n) is 3.09. The summed E-state index contributed by atoms with van der Waals surface area (Å²) in [7, 11) is 0. The van der Waals surface area contributed by atoms with Gasteiger partial charge in [-0.3, -0.25) is 4.79 Å². The average Bonchev–Trinajstić information content (AvgIpc) is 3.21. The van der Waals surface area contributed by atoms with E-state index in [1.165, 1.54) is 0 Å². The summed E-state index contributed by atoms with van der Waals surface area (Å²) in [4.78, 5) is 12.5. The quantitative estimate of drug-likeness (QED) is 0.742. The average molecular weight is 338 g/mol. The van der Waals surface area contributed by atoms with E-state index >= 15 is 0 Å². The second kappa shape index (κ2) is 7.65. The molecule has 1 aromatic rings. The second-order valence-electron chi connectivity index (χ2n) is 6.41. The Morgan fingerprint density at radius 1 is 1.43 bits per heavy atom. The van der Waals surface area contributed by atoms with Crippen LogP contribution in [0.3, 0.4) is 0 Å². The van der Waals surface area contributed by atoms with Crippen molar-refractivity contribution in [1.82, 2.24) is 5.32 Å². The van der Waals surface area contributed by atoms with Gasteiger partial charge in [-0.1, -0.05) is 23.7 Å². The van der Waals surface area contributed by atoms with E-state index in [1.807, 2.05) is 24.3 Å². The number of hydrogen-bond donors (Lipinski definition) is 1. The van der Waals surface area contributed by atoms with E-state index in [0.29, 0.717) is 24.8 Å². The van der Waals surface area contributed by atoms with Crippen LogP contribution in [-0.4, -0.2) is 38.4 Å². The fraction of sp³-hybridized carbons (Fsp3) is 0.611. The van der Waals surface area contributed by atoms with Crippen molar-refractivity contribution in [3.63, 3.8) is 0 Å². The highest BCUT2D eigenvalue weighted by atomic mass is 35.5. The summed E-state index contributed by atoms with van der Waals surface area (Å²) in [5, 5.41) is 3.72. The Hall–Kier alpha value is -1.10. The minimum Gasteiger partial charge on any atom is -0.379 e. The SMILES string of the molecule is O=C(NCCCOCC1CCCO1)C1(c2cccc(Cl)c2)CC1. The third-order valence-corrected chi connectivity index (χ3v) is 4.88. The van der Waals surface area contributed by atoms with Gasteiger partial charge in [0.05, 0.1) is 18.1 Å². The second-order valence-corrected chi connectivity index (χ2v) is 6.85. The maximum atomic E-state index is 12.5. The van der Waals surface area contributed by atoms with Gasteiger partial charge in [0.1, 0.15) is 0 Å². The normalized spacial score (nSPS) is 22.0. The van der Waals surface area contributed by atoms with E-state index in [1.54, 1.807) is 0 Å². The number of carbonyl (C=O) groups excluding carboxylic acids is 1. The van der Waals surface area contributed by atoms with Crippen molar-refractivity contribution in [1.29, 1.82) is 0 Å². The Bertz CT molecular complexity index is 539. The zero-order valence-electron chi connectivity index (χ0n) is 13.4. The largest absolute Gasteiger partial charge is 0.379 e. The van der Waals surface area contributed by atoms with Crippen molar-refractivity contribution in [3.05, 3.63) is 34.9 Å². The summed E-state index contributed by atoms with van der Waals surface area (Å²) < 4.78 is 11.1. The Labute approximate surface area is 142 Å². The summed E-state index contributed by atoms with van der Waals surface area (Å²) in [5.41, 5.74) is 0.667. The molecule has 0 spiro atoms.